The van der Waals surface area contributed by atoms with Crippen LogP contribution in [0.4, 0.5) is 29.7 Å². The Morgan fingerprint density at radius 2 is 0.707 bits per heavy atom. The van der Waals surface area contributed by atoms with Gasteiger partial charge in [0.05, 0.1) is 70.6 Å². The smallest absolute Gasteiger partial charge is 0.377 e. The van der Waals surface area contributed by atoms with E-state index in [4.69, 9.17) is 86.6 Å². The minimum atomic E-state index is -3.80. The number of primary amides is 4. The molecule has 7 rings (SSSR count). The Morgan fingerprint density at radius 3 is 1.00 bits per heavy atom. The van der Waals surface area contributed by atoms with Crippen molar-refractivity contribution in [3.63, 3.8) is 0 Å². The fourth-order valence-electron chi connectivity index (χ4n) is 8.70. The average molecular weight is 1870 g/mol. The fraction of sp³-hybridized carbons (Fsp3) is 0.300. The minimum Gasteiger partial charge on any atom is -0.457 e. The molecule has 0 spiro atoms. The molecule has 0 unspecified atom stereocenters. The van der Waals surface area contributed by atoms with Crippen LogP contribution in [0.5, 0.6) is 5.75 Å². The molecule has 0 bridgehead atoms. The van der Waals surface area contributed by atoms with E-state index in [0.29, 0.717) is 90.9 Å². The molecule has 15 N–H and O–H groups in total. The van der Waals surface area contributed by atoms with Crippen molar-refractivity contribution in [1.82, 2.24) is 26.6 Å². The molecule has 0 aliphatic carbocycles. The van der Waals surface area contributed by atoms with E-state index >= 15 is 0 Å². The molecule has 0 fully saturated rings. The van der Waals surface area contributed by atoms with Crippen LogP contribution in [-0.2, 0) is 54.7 Å². The number of thioether (sulfide) groups is 5. The van der Waals surface area contributed by atoms with Gasteiger partial charge in [-0.3, -0.25) is 53.3 Å². The quantitative estimate of drug-likeness (QED) is 0.00329. The number of halogens is 3. The van der Waals surface area contributed by atoms with Crippen molar-refractivity contribution < 1.29 is 104 Å². The van der Waals surface area contributed by atoms with Crippen LogP contribution in [0.3, 0.4) is 0 Å². The van der Waals surface area contributed by atoms with Gasteiger partial charge in [0, 0.05) is 60.8 Å². The first-order valence-electron chi connectivity index (χ1n) is 36.8. The molecule has 0 saturated heterocycles. The zero-order chi connectivity index (χ0) is 91.6. The highest BCUT2D eigenvalue weighted by atomic mass is 35.5. The summed E-state index contributed by atoms with van der Waals surface area (Å²) in [7, 11) is -3.80. The molecule has 0 saturated carbocycles. The van der Waals surface area contributed by atoms with Crippen LogP contribution in [0.25, 0.3) is 0 Å². The summed E-state index contributed by atoms with van der Waals surface area (Å²) in [5.74, 6) is -2.97. The number of primary sulfonamides is 1. The number of nitro groups is 1. The molecule has 7 aromatic rings. The predicted octanol–water partition coefficient (Wildman–Crippen LogP) is 12.9. The standard InChI is InChI=1S/C21H17N3O7S2.2C15H19ClN2O4S.C15H20N2O4S.C14H17ClN2O4S/c22-33(29,30)17-11-5-14(6-12-17)13-23-20(25)18-3-1-2-4-19(18)32-21(26)31-16-9-7-15(8-10-16)24(27)28;2*1-10(13(17)19)18-14(20)11-6-2-3-7-12(11)23-15(21)22-9-5-4-8-16;1-9(2)8-21-15(20)22-12-7-5-4-6-11(12)14(19)17-10(3)13(16)18;15-7-3-4-8-21-14(20)22-11-6-2-1-5-10(11)13(19)17-9-12(16)18/h1-12H,13H2,(H,23,25)(H2,22,29,30);2*2-3,6-7,10H,4-5,8-9H2,1H3,(H2,17,19)(H,18,20);4-7,9-10H,8H2,1-3H3,(H2,16,18)(H,17,19);1-2,5-6H,3-4,7-9H2,(H2,16,18)(H,17,19)/t;3*10-;/m.101./s1. The lowest BCUT2D eigenvalue weighted by Crippen LogP contribution is -2.42. The van der Waals surface area contributed by atoms with Crippen molar-refractivity contribution in [2.45, 2.75) is 127 Å². The SMILES string of the molecule is CC(C)COC(=O)Sc1ccccc1C(=O)N[C@H](C)C(N)=O.C[C@@H](NC(=O)c1ccccc1SC(=O)OCCCCCl)C(N)=O.C[C@H](NC(=O)c1ccccc1SC(=O)OCCCCCl)C(N)=O.NC(=O)CNC(=O)c1ccccc1SC(=O)OCCCCCl.NS(=O)(=O)c1ccc(CNC(=O)c2ccccc2SC(=O)Oc2ccc([N+](=O)[O-])cc2)cc1. The first-order valence-corrected chi connectivity index (χ1v) is 44.0. The Morgan fingerprint density at radius 1 is 0.407 bits per heavy atom. The Hall–Kier alpha value is -11.0. The molecule has 7 aromatic carbocycles. The molecule has 0 aromatic heterocycles. The lowest BCUT2D eigenvalue weighted by atomic mass is 10.2. The third-order valence-electron chi connectivity index (χ3n) is 15.1. The first-order chi connectivity index (χ1) is 58.4. The molecule has 9 amide bonds. The number of rotatable bonds is 37. The van der Waals surface area contributed by atoms with Crippen molar-refractivity contribution in [2.24, 2.45) is 34.0 Å². The summed E-state index contributed by atoms with van der Waals surface area (Å²) >= 11 is 20.6. The Bertz CT molecular complexity index is 4770. The minimum absolute atomic E-state index is 0.0362. The Kier molecular flexibility index (Phi) is 50.2. The summed E-state index contributed by atoms with van der Waals surface area (Å²) < 4.78 is 48.0. The number of nitrogens with zero attached hydrogens (tertiary/aromatic N) is 1. The van der Waals surface area contributed by atoms with Crippen molar-refractivity contribution in [3.8, 4) is 5.75 Å². The van der Waals surface area contributed by atoms with Crippen molar-refractivity contribution in [3.05, 3.63) is 213 Å². The van der Waals surface area contributed by atoms with Crippen LogP contribution in [0, 0.1) is 16.0 Å². The van der Waals surface area contributed by atoms with Crippen LogP contribution in [0.15, 0.2) is 199 Å². The van der Waals surface area contributed by atoms with E-state index in [2.05, 4.69) is 26.6 Å². The van der Waals surface area contributed by atoms with Gasteiger partial charge in [0.1, 0.15) is 23.9 Å². The van der Waals surface area contributed by atoms with E-state index in [1.54, 1.807) is 121 Å². The summed E-state index contributed by atoms with van der Waals surface area (Å²) in [5, 5.41) is 25.6. The number of ether oxygens (including phenoxy) is 5. The highest BCUT2D eigenvalue weighted by molar-refractivity contribution is 8.14. The monoisotopic (exact) mass is 1870 g/mol. The third-order valence-corrected chi connectivity index (χ3v) is 21.1. The van der Waals surface area contributed by atoms with Gasteiger partial charge in [-0.15, -0.1) is 34.8 Å². The van der Waals surface area contributed by atoms with E-state index < -0.39 is 113 Å². The van der Waals surface area contributed by atoms with Crippen LogP contribution < -0.4 is 59.4 Å². The predicted molar refractivity (Wildman–Crippen MR) is 470 cm³/mol. The van der Waals surface area contributed by atoms with Gasteiger partial charge in [-0.25, -0.2) is 37.5 Å². The lowest BCUT2D eigenvalue weighted by molar-refractivity contribution is -0.384. The van der Waals surface area contributed by atoms with Crippen LogP contribution in [0.2, 0.25) is 0 Å². The number of amides is 9. The normalized spacial score (nSPS) is 11.2. The van der Waals surface area contributed by atoms with E-state index in [-0.39, 0.29) is 77.4 Å². The second kappa shape index (κ2) is 58.2. The van der Waals surface area contributed by atoms with Crippen LogP contribution in [-0.4, -0.2) is 162 Å². The maximum atomic E-state index is 12.6. The molecular formula is C80H92Cl3N11O23S6. The highest BCUT2D eigenvalue weighted by Crippen LogP contribution is 2.31. The summed E-state index contributed by atoms with van der Waals surface area (Å²) in [6.07, 6.45) is 4.37. The van der Waals surface area contributed by atoms with Gasteiger partial charge in [-0.2, -0.15) is 0 Å². The molecule has 0 radical (unpaired) electrons. The second-order valence-electron chi connectivity index (χ2n) is 25.3. The van der Waals surface area contributed by atoms with Gasteiger partial charge in [0.2, 0.25) is 33.7 Å². The molecule has 123 heavy (non-hydrogen) atoms. The molecule has 34 nitrogen and oxygen atoms in total. The van der Waals surface area contributed by atoms with Gasteiger partial charge >= 0.3 is 26.5 Å². The largest absolute Gasteiger partial charge is 0.457 e. The summed E-state index contributed by atoms with van der Waals surface area (Å²) in [5.41, 5.74) is 22.2. The van der Waals surface area contributed by atoms with Crippen LogP contribution in [0.1, 0.15) is 130 Å². The molecule has 662 valence electrons. The van der Waals surface area contributed by atoms with Gasteiger partial charge in [0.15, 0.2) is 0 Å². The van der Waals surface area contributed by atoms with Gasteiger partial charge in [-0.1, -0.05) is 86.6 Å². The molecule has 0 heterocycles. The number of alkyl halides is 3. The first kappa shape index (κ1) is 106. The third kappa shape index (κ3) is 43.1. The number of carbonyl (C=O) groups excluding carboxylic acids is 14. The number of non-ortho nitro benzene ring substituents is 1. The zero-order valence-electron chi connectivity index (χ0n) is 66.9. The maximum Gasteiger partial charge on any atom is 0.377 e. The number of hydrogen-bond donors (Lipinski definition) is 10. The molecule has 43 heteroatoms. The van der Waals surface area contributed by atoms with Crippen molar-refractivity contribution in [1.29, 1.82) is 0 Å². The second-order valence-corrected chi connectivity index (χ2v) is 32.9. The zero-order valence-corrected chi connectivity index (χ0v) is 74.1. The molecular weight excluding hydrogens is 1780 g/mol. The van der Waals surface area contributed by atoms with Gasteiger partial charge < -0.3 is 73.2 Å². The lowest BCUT2D eigenvalue weighted by Gasteiger charge is -2.13. The van der Waals surface area contributed by atoms with Crippen molar-refractivity contribution in [2.75, 3.05) is 50.6 Å². The number of nitrogens with one attached hydrogen (secondary N) is 5. The number of unbranched alkanes of at least 4 members (excludes halogenated alkanes) is 3. The summed E-state index contributed by atoms with van der Waals surface area (Å²) in [6, 6.07) is 41.1. The molecule has 0 aliphatic heterocycles. The topological polar surface area (TPSA) is 553 Å². The number of nitrogens with two attached hydrogens (primary N) is 5. The summed E-state index contributed by atoms with van der Waals surface area (Å²) in [4.78, 5) is 176. The van der Waals surface area contributed by atoms with E-state index in [9.17, 15) is 85.7 Å². The van der Waals surface area contributed by atoms with Crippen LogP contribution >= 0.6 is 93.6 Å². The average Bonchev–Trinajstić information content (AvgIpc) is 0.709. The number of sulfonamides is 1. The molecule has 3 atom stereocenters. The van der Waals surface area contributed by atoms with Crippen molar-refractivity contribution >= 4 is 189 Å². The van der Waals surface area contributed by atoms with E-state index in [0.717, 1.165) is 66.3 Å². The van der Waals surface area contributed by atoms with E-state index in [1.165, 1.54) is 69.3 Å². The summed E-state index contributed by atoms with van der Waals surface area (Å²) in [6.45, 7) is 9.37. The number of hydrogen-bond acceptors (Lipinski definition) is 28. The Balaban J connectivity index is 0.000000401. The number of nitro benzene ring substituents is 1. The maximum absolute atomic E-state index is 12.6. The number of benzene rings is 7. The fourth-order valence-corrected chi connectivity index (χ4v) is 13.5. The van der Waals surface area contributed by atoms with E-state index in [1.807, 2.05) is 13.8 Å². The van der Waals surface area contributed by atoms with Gasteiger partial charge in [0.25, 0.3) is 35.2 Å². The molecule has 0 aliphatic rings. The Labute approximate surface area is 745 Å². The van der Waals surface area contributed by atoms with Gasteiger partial charge in [-0.05, 0) is 215 Å². The number of carbonyl (C=O) groups is 14. The highest BCUT2D eigenvalue weighted by Gasteiger charge is 2.25.